The maximum absolute atomic E-state index is 12.8. The second-order valence-corrected chi connectivity index (χ2v) is 7.31. The number of anilines is 1. The lowest BCUT2D eigenvalue weighted by Crippen LogP contribution is -2.35. The van der Waals surface area contributed by atoms with Gasteiger partial charge in [0, 0.05) is 15.6 Å². The van der Waals surface area contributed by atoms with Crippen LogP contribution in [0.25, 0.3) is 0 Å². The summed E-state index contributed by atoms with van der Waals surface area (Å²) in [6, 6.07) is 5.96. The highest BCUT2D eigenvalue weighted by Crippen LogP contribution is 2.44. The predicted molar refractivity (Wildman–Crippen MR) is 87.9 cm³/mol. The molecule has 0 radical (unpaired) electrons. The monoisotopic (exact) mass is 337 g/mol. The molecule has 1 N–H and O–H groups in total. The fourth-order valence-electron chi connectivity index (χ4n) is 3.35. The molecule has 3 heteroatoms. The summed E-state index contributed by atoms with van der Waals surface area (Å²) in [6.45, 7) is 6.44. The number of carbonyl (C=O) groups is 1. The molecule has 0 heterocycles. The minimum atomic E-state index is -0.150. The van der Waals surface area contributed by atoms with Crippen LogP contribution in [0.5, 0.6) is 0 Å². The minimum absolute atomic E-state index is 0.150. The van der Waals surface area contributed by atoms with Gasteiger partial charge in [-0.15, -0.1) is 0 Å². The van der Waals surface area contributed by atoms with E-state index in [-0.39, 0.29) is 11.3 Å². The molecule has 0 atom stereocenters. The third-order valence-electron chi connectivity index (χ3n) is 4.36. The number of nitrogens with one attached hydrogen (secondary N) is 1. The second kappa shape index (κ2) is 6.30. The average molecular weight is 338 g/mol. The van der Waals surface area contributed by atoms with Gasteiger partial charge in [-0.25, -0.2) is 0 Å². The van der Waals surface area contributed by atoms with Crippen LogP contribution < -0.4 is 5.32 Å². The van der Waals surface area contributed by atoms with Crippen molar-refractivity contribution in [1.29, 1.82) is 0 Å². The molecule has 1 amide bonds. The lowest BCUT2D eigenvalue weighted by Gasteiger charge is -2.30. The molecule has 0 spiro atoms. The van der Waals surface area contributed by atoms with E-state index in [1.807, 2.05) is 25.1 Å². The molecule has 0 unspecified atom stereocenters. The van der Waals surface area contributed by atoms with Crippen LogP contribution in [0.3, 0.4) is 0 Å². The Balaban J connectivity index is 2.19. The zero-order valence-electron chi connectivity index (χ0n) is 12.6. The van der Waals surface area contributed by atoms with Gasteiger partial charge in [0.05, 0.1) is 0 Å². The van der Waals surface area contributed by atoms with E-state index in [2.05, 4.69) is 35.1 Å². The summed E-state index contributed by atoms with van der Waals surface area (Å²) in [6.07, 6.45) is 5.41. The summed E-state index contributed by atoms with van der Waals surface area (Å²) >= 11 is 3.52. The average Bonchev–Trinajstić information content (AvgIpc) is 2.84. The van der Waals surface area contributed by atoms with Crippen molar-refractivity contribution >= 4 is 27.5 Å². The maximum Gasteiger partial charge on any atom is 0.230 e. The van der Waals surface area contributed by atoms with Crippen molar-refractivity contribution in [3.05, 3.63) is 28.2 Å². The van der Waals surface area contributed by atoms with Crippen molar-refractivity contribution in [2.45, 2.75) is 52.9 Å². The first kappa shape index (κ1) is 15.6. The Kier molecular flexibility index (Phi) is 4.90. The minimum Gasteiger partial charge on any atom is -0.325 e. The number of carbonyl (C=O) groups excluding carboxylic acids is 1. The van der Waals surface area contributed by atoms with Gasteiger partial charge in [0.25, 0.3) is 0 Å². The van der Waals surface area contributed by atoms with Crippen molar-refractivity contribution in [2.75, 3.05) is 5.32 Å². The van der Waals surface area contributed by atoms with Crippen molar-refractivity contribution in [3.8, 4) is 0 Å². The molecule has 0 saturated heterocycles. The lowest BCUT2D eigenvalue weighted by molar-refractivity contribution is -0.126. The van der Waals surface area contributed by atoms with E-state index >= 15 is 0 Å². The van der Waals surface area contributed by atoms with Crippen molar-refractivity contribution in [1.82, 2.24) is 0 Å². The van der Waals surface area contributed by atoms with Gasteiger partial charge in [-0.05, 0) is 49.8 Å². The van der Waals surface area contributed by atoms with Crippen LogP contribution in [0.15, 0.2) is 22.7 Å². The molecule has 0 aliphatic heterocycles. The molecular formula is C17H24BrNO. The fraction of sp³-hybridized carbons (Fsp3) is 0.588. The van der Waals surface area contributed by atoms with Crippen LogP contribution in [0, 0.1) is 18.3 Å². The Bertz CT molecular complexity index is 490. The van der Waals surface area contributed by atoms with Crippen LogP contribution in [-0.4, -0.2) is 5.91 Å². The molecule has 1 aliphatic rings. The van der Waals surface area contributed by atoms with Crippen molar-refractivity contribution in [2.24, 2.45) is 11.3 Å². The highest BCUT2D eigenvalue weighted by molar-refractivity contribution is 9.10. The fourth-order valence-corrected chi connectivity index (χ4v) is 3.72. The van der Waals surface area contributed by atoms with E-state index in [4.69, 9.17) is 0 Å². The molecule has 1 fully saturated rings. The van der Waals surface area contributed by atoms with E-state index < -0.39 is 0 Å². The van der Waals surface area contributed by atoms with E-state index in [0.717, 1.165) is 35.0 Å². The third-order valence-corrected chi connectivity index (χ3v) is 5.22. The normalized spacial score (nSPS) is 17.4. The SMILES string of the molecule is Cc1c(Br)cccc1NC(=O)C1(CC(C)C)CCCC1. The van der Waals surface area contributed by atoms with Gasteiger partial charge in [0.15, 0.2) is 0 Å². The highest BCUT2D eigenvalue weighted by Gasteiger charge is 2.41. The summed E-state index contributed by atoms with van der Waals surface area (Å²) in [4.78, 5) is 12.8. The molecule has 110 valence electrons. The first-order chi connectivity index (χ1) is 9.44. The van der Waals surface area contributed by atoms with Crippen molar-refractivity contribution in [3.63, 3.8) is 0 Å². The number of halogens is 1. The Morgan fingerprint density at radius 2 is 2.00 bits per heavy atom. The number of amides is 1. The third kappa shape index (κ3) is 3.25. The Labute approximate surface area is 130 Å². The first-order valence-corrected chi connectivity index (χ1v) is 8.30. The quantitative estimate of drug-likeness (QED) is 0.793. The van der Waals surface area contributed by atoms with Gasteiger partial charge in [-0.1, -0.05) is 48.7 Å². The second-order valence-electron chi connectivity index (χ2n) is 6.45. The summed E-state index contributed by atoms with van der Waals surface area (Å²) in [5, 5.41) is 3.17. The van der Waals surface area contributed by atoms with Gasteiger partial charge < -0.3 is 5.32 Å². The van der Waals surface area contributed by atoms with Crippen LogP contribution in [-0.2, 0) is 4.79 Å². The number of rotatable bonds is 4. The molecule has 0 aromatic heterocycles. The molecule has 0 bridgehead atoms. The van der Waals surface area contributed by atoms with E-state index in [9.17, 15) is 4.79 Å². The molecule has 1 aromatic carbocycles. The molecule has 1 aromatic rings. The molecule has 1 aliphatic carbocycles. The molecule has 20 heavy (non-hydrogen) atoms. The highest BCUT2D eigenvalue weighted by atomic mass is 79.9. The lowest BCUT2D eigenvalue weighted by atomic mass is 9.77. The summed E-state index contributed by atoms with van der Waals surface area (Å²) in [7, 11) is 0. The molecular weight excluding hydrogens is 314 g/mol. The predicted octanol–water partition coefficient (Wildman–Crippen LogP) is 5.30. The van der Waals surface area contributed by atoms with Gasteiger partial charge in [0.1, 0.15) is 0 Å². The summed E-state index contributed by atoms with van der Waals surface area (Å²) in [5.41, 5.74) is 1.88. The summed E-state index contributed by atoms with van der Waals surface area (Å²) < 4.78 is 1.04. The topological polar surface area (TPSA) is 29.1 Å². The van der Waals surface area contributed by atoms with E-state index in [1.165, 1.54) is 12.8 Å². The van der Waals surface area contributed by atoms with Crippen LogP contribution in [0.1, 0.15) is 51.5 Å². The number of hydrogen-bond acceptors (Lipinski definition) is 1. The molecule has 2 nitrogen and oxygen atoms in total. The first-order valence-electron chi connectivity index (χ1n) is 7.51. The van der Waals surface area contributed by atoms with E-state index in [0.29, 0.717) is 5.92 Å². The zero-order valence-corrected chi connectivity index (χ0v) is 14.2. The van der Waals surface area contributed by atoms with Gasteiger partial charge in [0.2, 0.25) is 5.91 Å². The van der Waals surface area contributed by atoms with Crippen LogP contribution in [0.4, 0.5) is 5.69 Å². The maximum atomic E-state index is 12.8. The Morgan fingerprint density at radius 1 is 1.35 bits per heavy atom. The zero-order chi connectivity index (χ0) is 14.8. The number of benzene rings is 1. The van der Waals surface area contributed by atoms with Gasteiger partial charge in [-0.3, -0.25) is 4.79 Å². The standard InChI is InChI=1S/C17H24BrNO/c1-12(2)11-17(9-4-5-10-17)16(20)19-15-8-6-7-14(18)13(15)3/h6-8,12H,4-5,9-11H2,1-3H3,(H,19,20). The molecule has 1 saturated carbocycles. The largest absolute Gasteiger partial charge is 0.325 e. The van der Waals surface area contributed by atoms with Crippen LogP contribution in [0.2, 0.25) is 0 Å². The van der Waals surface area contributed by atoms with E-state index in [1.54, 1.807) is 0 Å². The van der Waals surface area contributed by atoms with Gasteiger partial charge in [-0.2, -0.15) is 0 Å². The van der Waals surface area contributed by atoms with Gasteiger partial charge >= 0.3 is 0 Å². The Hall–Kier alpha value is -0.830. The number of hydrogen-bond donors (Lipinski definition) is 1. The molecule has 2 rings (SSSR count). The Morgan fingerprint density at radius 3 is 2.60 bits per heavy atom. The summed E-state index contributed by atoms with van der Waals surface area (Å²) in [5.74, 6) is 0.771. The smallest absolute Gasteiger partial charge is 0.230 e. The van der Waals surface area contributed by atoms with Crippen molar-refractivity contribution < 1.29 is 4.79 Å². The van der Waals surface area contributed by atoms with Crippen LogP contribution >= 0.6 is 15.9 Å².